The minimum absolute atomic E-state index is 0.533. The molecule has 0 spiro atoms. The van der Waals surface area contributed by atoms with Crippen molar-refractivity contribution in [3.8, 4) is 22.8 Å². The van der Waals surface area contributed by atoms with Gasteiger partial charge < -0.3 is 25.9 Å². The number of nitrogens with zero attached hydrogens (tertiary/aromatic N) is 3. The van der Waals surface area contributed by atoms with Gasteiger partial charge in [0, 0.05) is 52.9 Å². The van der Waals surface area contributed by atoms with Crippen LogP contribution in [0.25, 0.3) is 16.9 Å². The van der Waals surface area contributed by atoms with Gasteiger partial charge in [-0.2, -0.15) is 0 Å². The molecule has 2 aromatic heterocycles. The number of ether oxygens (including phenoxy) is 2. The number of nitrogens with two attached hydrogens (primary N) is 1. The van der Waals surface area contributed by atoms with E-state index < -0.39 is 0 Å². The molecule has 0 aliphatic heterocycles. The molecule has 8 heteroatoms. The predicted molar refractivity (Wildman–Crippen MR) is 123 cm³/mol. The number of nitrogen functional groups attached to an aromatic ring is 1. The summed E-state index contributed by atoms with van der Waals surface area (Å²) in [6.45, 7) is 4.47. The lowest BCUT2D eigenvalue weighted by Crippen LogP contribution is -2.05. The summed E-state index contributed by atoms with van der Waals surface area (Å²) in [5.74, 6) is 1.92. The van der Waals surface area contributed by atoms with E-state index in [2.05, 4.69) is 10.3 Å². The highest BCUT2D eigenvalue weighted by molar-refractivity contribution is 5.87. The van der Waals surface area contributed by atoms with Gasteiger partial charge in [0.2, 0.25) is 0 Å². The van der Waals surface area contributed by atoms with E-state index >= 15 is 0 Å². The number of hydrogen-bond donors (Lipinski definition) is 3. The van der Waals surface area contributed by atoms with Gasteiger partial charge in [-0.3, -0.25) is 4.40 Å². The van der Waals surface area contributed by atoms with Crippen molar-refractivity contribution in [3.05, 3.63) is 60.0 Å². The molecule has 0 amide bonds. The highest BCUT2D eigenvalue weighted by atomic mass is 16.5. The van der Waals surface area contributed by atoms with Crippen LogP contribution in [0.5, 0.6) is 11.5 Å². The van der Waals surface area contributed by atoms with Crippen molar-refractivity contribution in [1.82, 2.24) is 14.4 Å². The fourth-order valence-corrected chi connectivity index (χ4v) is 3.47. The quantitative estimate of drug-likeness (QED) is 0.303. The van der Waals surface area contributed by atoms with Gasteiger partial charge in [-0.1, -0.05) is 12.1 Å². The maximum Gasteiger partial charge on any atom is 0.180 e. The Bertz CT molecular complexity index is 1260. The molecule has 0 saturated carbocycles. The summed E-state index contributed by atoms with van der Waals surface area (Å²) in [6, 6.07) is 11.2. The molecule has 158 valence electrons. The molecule has 2 heterocycles. The zero-order valence-corrected chi connectivity index (χ0v) is 17.6. The molecule has 0 bridgehead atoms. The van der Waals surface area contributed by atoms with Gasteiger partial charge in [-0.15, -0.1) is 0 Å². The van der Waals surface area contributed by atoms with Gasteiger partial charge in [0.1, 0.15) is 0 Å². The molecule has 31 heavy (non-hydrogen) atoms. The molecule has 0 atom stereocenters. The molecule has 4 aromatic rings. The molecule has 4 rings (SSSR count). The highest BCUT2D eigenvalue weighted by Gasteiger charge is 2.15. The average Bonchev–Trinajstić information content (AvgIpc) is 3.27. The van der Waals surface area contributed by atoms with Crippen molar-refractivity contribution in [2.75, 3.05) is 24.8 Å². The largest absolute Gasteiger partial charge is 0.493 e. The van der Waals surface area contributed by atoms with E-state index in [0.717, 1.165) is 22.6 Å². The topological polar surface area (TPSA) is 111 Å². The number of methoxy groups -OCH3 is 1. The zero-order valence-electron chi connectivity index (χ0n) is 17.6. The molecule has 0 aliphatic rings. The van der Waals surface area contributed by atoms with Crippen LogP contribution < -0.4 is 20.5 Å². The van der Waals surface area contributed by atoms with E-state index in [1.54, 1.807) is 13.3 Å². The van der Waals surface area contributed by atoms with Gasteiger partial charge in [0.25, 0.3) is 0 Å². The number of hydrogen-bond acceptors (Lipinski definition) is 7. The summed E-state index contributed by atoms with van der Waals surface area (Å²) in [5, 5.41) is 10.8. The second-order valence-electron chi connectivity index (χ2n) is 6.93. The SMILES string of the molecule is CCOc1ccc(Nc2nc(-c3ccc(C=N)c(N)c3)c(C)n3ccnc23)cc1OC. The molecule has 0 fully saturated rings. The normalized spacial score (nSPS) is 10.8. The predicted octanol–water partition coefficient (Wildman–Crippen LogP) is 4.44. The lowest BCUT2D eigenvalue weighted by molar-refractivity contribution is 0.311. The Morgan fingerprint density at radius 3 is 2.74 bits per heavy atom. The van der Waals surface area contributed by atoms with Crippen molar-refractivity contribution in [2.24, 2.45) is 0 Å². The third kappa shape index (κ3) is 3.75. The van der Waals surface area contributed by atoms with Crippen LogP contribution in [0.3, 0.4) is 0 Å². The number of fused-ring (bicyclic) bond motifs is 1. The Morgan fingerprint density at radius 1 is 1.19 bits per heavy atom. The molecule has 8 nitrogen and oxygen atoms in total. The average molecular weight is 416 g/mol. The highest BCUT2D eigenvalue weighted by Crippen LogP contribution is 2.33. The van der Waals surface area contributed by atoms with Gasteiger partial charge in [0.15, 0.2) is 23.0 Å². The monoisotopic (exact) mass is 416 g/mol. The number of imidazole rings is 1. The minimum Gasteiger partial charge on any atom is -0.493 e. The molecule has 2 aromatic carbocycles. The third-order valence-electron chi connectivity index (χ3n) is 5.02. The van der Waals surface area contributed by atoms with Crippen LogP contribution >= 0.6 is 0 Å². The Morgan fingerprint density at radius 2 is 2.03 bits per heavy atom. The van der Waals surface area contributed by atoms with Crippen molar-refractivity contribution < 1.29 is 9.47 Å². The zero-order chi connectivity index (χ0) is 22.0. The maximum atomic E-state index is 7.46. The molecular formula is C23H24N6O2. The summed E-state index contributed by atoms with van der Waals surface area (Å²) in [6.07, 6.45) is 4.88. The van der Waals surface area contributed by atoms with Gasteiger partial charge in [-0.05, 0) is 32.0 Å². The summed E-state index contributed by atoms with van der Waals surface area (Å²) >= 11 is 0. The van der Waals surface area contributed by atoms with E-state index in [4.69, 9.17) is 25.6 Å². The molecule has 0 aliphatic carbocycles. The first-order valence-corrected chi connectivity index (χ1v) is 9.87. The Labute approximate surface area is 180 Å². The third-order valence-corrected chi connectivity index (χ3v) is 5.02. The molecule has 0 saturated heterocycles. The van der Waals surface area contributed by atoms with Crippen molar-refractivity contribution >= 4 is 29.1 Å². The first-order chi connectivity index (χ1) is 15.0. The summed E-state index contributed by atoms with van der Waals surface area (Å²) in [7, 11) is 1.61. The Hall–Kier alpha value is -4.07. The van der Waals surface area contributed by atoms with Gasteiger partial charge >= 0.3 is 0 Å². The van der Waals surface area contributed by atoms with Crippen LogP contribution in [-0.4, -0.2) is 34.3 Å². The lowest BCUT2D eigenvalue weighted by atomic mass is 10.1. The fraction of sp³-hybridized carbons (Fsp3) is 0.174. The van der Waals surface area contributed by atoms with E-state index in [0.29, 0.717) is 40.8 Å². The van der Waals surface area contributed by atoms with Crippen molar-refractivity contribution in [2.45, 2.75) is 13.8 Å². The van der Waals surface area contributed by atoms with E-state index in [-0.39, 0.29) is 0 Å². The van der Waals surface area contributed by atoms with Crippen LogP contribution in [-0.2, 0) is 0 Å². The lowest BCUT2D eigenvalue weighted by Gasteiger charge is -2.15. The first-order valence-electron chi connectivity index (χ1n) is 9.87. The van der Waals surface area contributed by atoms with Gasteiger partial charge in [0.05, 0.1) is 19.4 Å². The standard InChI is InChI=1S/C23H24N6O2/c1-4-31-19-8-7-17(12-20(19)30-3)27-22-23-26-9-10-29(23)14(2)21(28-22)15-5-6-16(13-24)18(25)11-15/h5-13,24H,4,25H2,1-3H3,(H,27,28). The second kappa shape index (κ2) is 8.35. The smallest absolute Gasteiger partial charge is 0.180 e. The number of rotatable bonds is 7. The molecule has 0 unspecified atom stereocenters. The van der Waals surface area contributed by atoms with Crippen LogP contribution in [0.4, 0.5) is 17.2 Å². The fourth-order valence-electron chi connectivity index (χ4n) is 3.47. The summed E-state index contributed by atoms with van der Waals surface area (Å²) in [5.41, 5.74) is 11.4. The van der Waals surface area contributed by atoms with E-state index in [1.807, 2.05) is 60.8 Å². The van der Waals surface area contributed by atoms with Crippen LogP contribution in [0.15, 0.2) is 48.8 Å². The number of aryl methyl sites for hydroxylation is 1. The van der Waals surface area contributed by atoms with Crippen LogP contribution in [0.1, 0.15) is 18.2 Å². The van der Waals surface area contributed by atoms with Crippen molar-refractivity contribution in [1.29, 1.82) is 5.41 Å². The summed E-state index contributed by atoms with van der Waals surface area (Å²) in [4.78, 5) is 9.34. The van der Waals surface area contributed by atoms with E-state index in [1.165, 1.54) is 6.21 Å². The second-order valence-corrected chi connectivity index (χ2v) is 6.93. The van der Waals surface area contributed by atoms with Crippen LogP contribution in [0.2, 0.25) is 0 Å². The minimum atomic E-state index is 0.533. The Kier molecular flexibility index (Phi) is 5.44. The van der Waals surface area contributed by atoms with E-state index in [9.17, 15) is 0 Å². The first kappa shape index (κ1) is 20.2. The Balaban J connectivity index is 1.80. The number of benzene rings is 2. The number of nitrogens with one attached hydrogen (secondary N) is 2. The van der Waals surface area contributed by atoms with Crippen LogP contribution in [0, 0.1) is 12.3 Å². The summed E-state index contributed by atoms with van der Waals surface area (Å²) < 4.78 is 13.0. The molecular weight excluding hydrogens is 392 g/mol. The van der Waals surface area contributed by atoms with Gasteiger partial charge in [-0.25, -0.2) is 9.97 Å². The number of anilines is 3. The van der Waals surface area contributed by atoms with Crippen molar-refractivity contribution in [3.63, 3.8) is 0 Å². The maximum absolute atomic E-state index is 7.46. The number of aromatic nitrogens is 3. The molecule has 0 radical (unpaired) electrons. The molecule has 4 N–H and O–H groups in total.